The molecule has 0 saturated carbocycles. The van der Waals surface area contributed by atoms with Gasteiger partial charge in [0.1, 0.15) is 5.75 Å². The topological polar surface area (TPSA) is 35.5 Å². The number of ether oxygens (including phenoxy) is 2. The Balaban J connectivity index is 1.95. The molecular formula is C22H20F2O3S2. The maximum Gasteiger partial charge on any atom is 0.341 e. The fourth-order valence-electron chi connectivity index (χ4n) is 3.12. The lowest BCUT2D eigenvalue weighted by atomic mass is 10.0. The van der Waals surface area contributed by atoms with E-state index in [1.54, 1.807) is 36.5 Å². The minimum absolute atomic E-state index is 0.0804. The lowest BCUT2D eigenvalue weighted by Gasteiger charge is -2.36. The summed E-state index contributed by atoms with van der Waals surface area (Å²) in [5, 5.41) is 0. The number of benzene rings is 2. The van der Waals surface area contributed by atoms with E-state index in [1.165, 1.54) is 12.1 Å². The van der Waals surface area contributed by atoms with Crippen molar-refractivity contribution in [2.75, 3.05) is 25.7 Å². The molecular weight excluding hydrogens is 414 g/mol. The monoisotopic (exact) mass is 434 g/mol. The Morgan fingerprint density at radius 3 is 2.62 bits per heavy atom. The van der Waals surface area contributed by atoms with Crippen LogP contribution in [0.3, 0.4) is 0 Å². The highest BCUT2D eigenvalue weighted by Gasteiger charge is 2.36. The molecule has 152 valence electrons. The molecule has 29 heavy (non-hydrogen) atoms. The molecule has 3 nitrogen and oxygen atoms in total. The highest BCUT2D eigenvalue weighted by Crippen LogP contribution is 2.52. The van der Waals surface area contributed by atoms with Crippen LogP contribution >= 0.6 is 23.5 Å². The van der Waals surface area contributed by atoms with Crippen LogP contribution in [0.1, 0.15) is 40.4 Å². The molecule has 0 aliphatic carbocycles. The van der Waals surface area contributed by atoms with Crippen LogP contribution in [0.25, 0.3) is 0 Å². The standard InChI is InChI=1S/C22H20F2O3S2/c1-4-26-21(25)16-9-8-15(19(23)20(16)24)7-5-14-6-10-18-17(13-14)22(28-2,29-3)11-12-27-18/h6,8-10,13H,4,11-12H2,1-3H3. The molecule has 7 heteroatoms. The fraction of sp³-hybridized carbons (Fsp3) is 0.318. The van der Waals surface area contributed by atoms with Gasteiger partial charge in [0.25, 0.3) is 0 Å². The Bertz CT molecular complexity index is 992. The van der Waals surface area contributed by atoms with E-state index in [9.17, 15) is 13.6 Å². The molecule has 1 heterocycles. The summed E-state index contributed by atoms with van der Waals surface area (Å²) in [4.78, 5) is 11.7. The molecule has 1 aliphatic rings. The highest BCUT2D eigenvalue weighted by atomic mass is 32.2. The Labute approximate surface area is 177 Å². The van der Waals surface area contributed by atoms with Gasteiger partial charge in [0.2, 0.25) is 0 Å². The smallest absolute Gasteiger partial charge is 0.341 e. The van der Waals surface area contributed by atoms with Crippen LogP contribution in [0.4, 0.5) is 8.78 Å². The normalized spacial score (nSPS) is 14.2. The van der Waals surface area contributed by atoms with Gasteiger partial charge in [-0.1, -0.05) is 11.8 Å². The number of carbonyl (C=O) groups excluding carboxylic acids is 1. The lowest BCUT2D eigenvalue weighted by molar-refractivity contribution is 0.0520. The van der Waals surface area contributed by atoms with Crippen molar-refractivity contribution in [3.63, 3.8) is 0 Å². The Hall–Kier alpha value is -2.17. The molecule has 2 aromatic carbocycles. The number of hydrogen-bond donors (Lipinski definition) is 0. The number of carbonyl (C=O) groups is 1. The number of fused-ring (bicyclic) bond motifs is 1. The van der Waals surface area contributed by atoms with Gasteiger partial charge in [-0.3, -0.25) is 0 Å². The maximum atomic E-state index is 14.4. The van der Waals surface area contributed by atoms with Crippen molar-refractivity contribution < 1.29 is 23.0 Å². The third-order valence-corrected chi connectivity index (χ3v) is 7.82. The van der Waals surface area contributed by atoms with Gasteiger partial charge in [-0.25, -0.2) is 13.6 Å². The zero-order valence-corrected chi connectivity index (χ0v) is 17.9. The quantitative estimate of drug-likeness (QED) is 0.375. The molecule has 1 aliphatic heterocycles. The van der Waals surface area contributed by atoms with Gasteiger partial charge >= 0.3 is 5.97 Å². The first-order valence-corrected chi connectivity index (χ1v) is 11.5. The summed E-state index contributed by atoms with van der Waals surface area (Å²) in [6.07, 6.45) is 4.99. The summed E-state index contributed by atoms with van der Waals surface area (Å²) in [5.74, 6) is 3.07. The summed E-state index contributed by atoms with van der Waals surface area (Å²) in [6, 6.07) is 8.07. The second-order valence-corrected chi connectivity index (χ2v) is 8.70. The average Bonchev–Trinajstić information content (AvgIpc) is 2.74. The molecule has 0 radical (unpaired) electrons. The fourth-order valence-corrected chi connectivity index (χ4v) is 5.12. The van der Waals surface area contributed by atoms with Gasteiger partial charge in [-0.05, 0) is 49.8 Å². The third kappa shape index (κ3) is 4.24. The van der Waals surface area contributed by atoms with E-state index in [1.807, 2.05) is 12.1 Å². The van der Waals surface area contributed by atoms with E-state index in [0.717, 1.165) is 17.7 Å². The van der Waals surface area contributed by atoms with Crippen LogP contribution in [-0.2, 0) is 8.82 Å². The van der Waals surface area contributed by atoms with Gasteiger partial charge in [-0.2, -0.15) is 0 Å². The van der Waals surface area contributed by atoms with Gasteiger partial charge in [-0.15, -0.1) is 23.5 Å². The molecule has 0 N–H and O–H groups in total. The molecule has 0 spiro atoms. The number of rotatable bonds is 4. The minimum atomic E-state index is -1.25. The molecule has 0 fully saturated rings. The molecule has 3 rings (SSSR count). The van der Waals surface area contributed by atoms with Crippen LogP contribution in [-0.4, -0.2) is 31.7 Å². The first-order chi connectivity index (χ1) is 14.0. The number of thioether (sulfide) groups is 2. The molecule has 0 amide bonds. The summed E-state index contributed by atoms with van der Waals surface area (Å²) in [6.45, 7) is 2.33. The van der Waals surface area contributed by atoms with Crippen LogP contribution in [0.15, 0.2) is 30.3 Å². The summed E-state index contributed by atoms with van der Waals surface area (Å²) in [5.41, 5.74) is 1.16. The van der Waals surface area contributed by atoms with Crippen molar-refractivity contribution in [3.05, 3.63) is 64.2 Å². The Morgan fingerprint density at radius 2 is 1.93 bits per heavy atom. The van der Waals surface area contributed by atoms with E-state index < -0.39 is 23.2 Å². The highest BCUT2D eigenvalue weighted by molar-refractivity contribution is 8.16. The SMILES string of the molecule is CCOC(=O)c1ccc(C#Cc2ccc3c(c2)C(SC)(SC)CCO3)c(F)c1F. The zero-order valence-electron chi connectivity index (χ0n) is 16.3. The number of esters is 1. The minimum Gasteiger partial charge on any atom is -0.493 e. The molecule has 2 aromatic rings. The van der Waals surface area contributed by atoms with Crippen LogP contribution in [0.2, 0.25) is 0 Å². The van der Waals surface area contributed by atoms with Crippen molar-refractivity contribution >= 4 is 29.5 Å². The van der Waals surface area contributed by atoms with Crippen molar-refractivity contribution in [2.24, 2.45) is 0 Å². The molecule has 0 bridgehead atoms. The van der Waals surface area contributed by atoms with Crippen LogP contribution in [0, 0.1) is 23.5 Å². The van der Waals surface area contributed by atoms with E-state index in [-0.39, 0.29) is 16.2 Å². The Kier molecular flexibility index (Phi) is 6.76. The van der Waals surface area contributed by atoms with Crippen molar-refractivity contribution in [2.45, 2.75) is 17.4 Å². The van der Waals surface area contributed by atoms with E-state index in [2.05, 4.69) is 24.4 Å². The van der Waals surface area contributed by atoms with Gasteiger partial charge < -0.3 is 9.47 Å². The molecule has 0 saturated heterocycles. The number of hydrogen-bond acceptors (Lipinski definition) is 5. The van der Waals surface area contributed by atoms with Gasteiger partial charge in [0.05, 0.1) is 28.4 Å². The van der Waals surface area contributed by atoms with Gasteiger partial charge in [0.15, 0.2) is 11.6 Å². The summed E-state index contributed by atoms with van der Waals surface area (Å²) < 4.78 is 38.9. The van der Waals surface area contributed by atoms with E-state index >= 15 is 0 Å². The van der Waals surface area contributed by atoms with E-state index in [0.29, 0.717) is 12.2 Å². The predicted molar refractivity (Wildman–Crippen MR) is 114 cm³/mol. The van der Waals surface area contributed by atoms with Crippen LogP contribution < -0.4 is 4.74 Å². The second kappa shape index (κ2) is 9.10. The van der Waals surface area contributed by atoms with E-state index in [4.69, 9.17) is 9.47 Å². The van der Waals surface area contributed by atoms with Crippen molar-refractivity contribution in [1.82, 2.24) is 0 Å². The zero-order chi connectivity index (χ0) is 21.0. The average molecular weight is 435 g/mol. The Morgan fingerprint density at radius 1 is 1.17 bits per heavy atom. The summed E-state index contributed by atoms with van der Waals surface area (Å²) >= 11 is 3.51. The lowest BCUT2D eigenvalue weighted by Crippen LogP contribution is -2.26. The van der Waals surface area contributed by atoms with Crippen molar-refractivity contribution in [1.29, 1.82) is 0 Å². The maximum absolute atomic E-state index is 14.4. The van der Waals surface area contributed by atoms with Crippen LogP contribution in [0.5, 0.6) is 5.75 Å². The molecule has 0 unspecified atom stereocenters. The van der Waals surface area contributed by atoms with Crippen molar-refractivity contribution in [3.8, 4) is 17.6 Å². The first kappa shape index (κ1) is 21.5. The second-order valence-electron chi connectivity index (χ2n) is 6.23. The first-order valence-electron chi connectivity index (χ1n) is 9.00. The van der Waals surface area contributed by atoms with Gasteiger partial charge in [0, 0.05) is 17.5 Å². The molecule has 0 aromatic heterocycles. The third-order valence-electron chi connectivity index (χ3n) is 4.66. The predicted octanol–water partition coefficient (Wildman–Crippen LogP) is 5.20. The largest absolute Gasteiger partial charge is 0.493 e. The summed E-state index contributed by atoms with van der Waals surface area (Å²) in [7, 11) is 0. The molecule has 0 atom stereocenters. The number of halogens is 2.